The van der Waals surface area contributed by atoms with E-state index in [-0.39, 0.29) is 5.41 Å². The van der Waals surface area contributed by atoms with Gasteiger partial charge in [0.2, 0.25) is 5.95 Å². The number of hydrogen-bond donors (Lipinski definition) is 0. The van der Waals surface area contributed by atoms with Crippen LogP contribution in [0.3, 0.4) is 0 Å². The summed E-state index contributed by atoms with van der Waals surface area (Å²) in [5, 5.41) is 8.53. The second-order valence-corrected chi connectivity index (χ2v) is 14.6. The first-order valence-electron chi connectivity index (χ1n) is 18.0. The van der Waals surface area contributed by atoms with Gasteiger partial charge in [-0.15, -0.1) is 0 Å². The van der Waals surface area contributed by atoms with Gasteiger partial charge in [-0.2, -0.15) is 0 Å². The summed E-state index contributed by atoms with van der Waals surface area (Å²) in [7, 11) is 0. The summed E-state index contributed by atoms with van der Waals surface area (Å²) in [6, 6.07) is 59.1. The predicted octanol–water partition coefficient (Wildman–Crippen LogP) is 12.7. The summed E-state index contributed by atoms with van der Waals surface area (Å²) in [6.45, 7) is 4.75. The van der Waals surface area contributed by atoms with Crippen LogP contribution in [-0.4, -0.2) is 14.5 Å². The van der Waals surface area contributed by atoms with E-state index in [1.807, 2.05) is 0 Å². The summed E-state index contributed by atoms with van der Waals surface area (Å²) in [4.78, 5) is 10.9. The molecule has 3 heteroatoms. The van der Waals surface area contributed by atoms with Crippen molar-refractivity contribution in [2.24, 2.45) is 0 Å². The van der Waals surface area contributed by atoms with Crippen LogP contribution in [0.5, 0.6) is 0 Å². The van der Waals surface area contributed by atoms with Gasteiger partial charge in [-0.05, 0) is 73.1 Å². The van der Waals surface area contributed by atoms with E-state index in [2.05, 4.69) is 182 Å². The van der Waals surface area contributed by atoms with Gasteiger partial charge in [-0.3, -0.25) is 4.57 Å². The number of aromatic nitrogens is 3. The van der Waals surface area contributed by atoms with Crippen LogP contribution in [-0.2, 0) is 5.41 Å². The molecular formula is C49H33N3. The van der Waals surface area contributed by atoms with Gasteiger partial charge in [0.25, 0.3) is 0 Å². The number of benzene rings is 8. The molecule has 0 aliphatic heterocycles. The van der Waals surface area contributed by atoms with Gasteiger partial charge in [0.1, 0.15) is 0 Å². The van der Waals surface area contributed by atoms with Crippen molar-refractivity contribution in [2.45, 2.75) is 19.3 Å². The summed E-state index contributed by atoms with van der Waals surface area (Å²) < 4.78 is 2.35. The monoisotopic (exact) mass is 663 g/mol. The Hall–Kier alpha value is -6.58. The smallest absolute Gasteiger partial charge is 0.235 e. The maximum Gasteiger partial charge on any atom is 0.235 e. The fraction of sp³-hybridized carbons (Fsp3) is 0.0612. The molecule has 0 N–H and O–H groups in total. The van der Waals surface area contributed by atoms with Gasteiger partial charge in [-0.1, -0.05) is 159 Å². The SMILES string of the molecule is CC1(C)c2ccccc2-c2c1c1c(c3ccccc23)c2ccccc2n1-c1nc(-c2ccc(-c3ccc4ccccc4c3)cc2)c2ccccc2n1. The van der Waals surface area contributed by atoms with Crippen molar-refractivity contribution in [1.29, 1.82) is 0 Å². The van der Waals surface area contributed by atoms with Crippen molar-refractivity contribution < 1.29 is 0 Å². The molecule has 52 heavy (non-hydrogen) atoms. The highest BCUT2D eigenvalue weighted by molar-refractivity contribution is 6.26. The number of fused-ring (bicyclic) bond motifs is 12. The molecule has 0 saturated carbocycles. The minimum atomic E-state index is -0.237. The van der Waals surface area contributed by atoms with E-state index in [9.17, 15) is 0 Å². The van der Waals surface area contributed by atoms with Gasteiger partial charge in [0, 0.05) is 27.1 Å². The van der Waals surface area contributed by atoms with Crippen LogP contribution in [0.15, 0.2) is 164 Å². The minimum absolute atomic E-state index is 0.237. The molecular weight excluding hydrogens is 631 g/mol. The Balaban J connectivity index is 1.20. The Morgan fingerprint density at radius 3 is 1.98 bits per heavy atom. The molecule has 0 spiro atoms. The van der Waals surface area contributed by atoms with Gasteiger partial charge in [0.05, 0.1) is 22.2 Å². The molecule has 3 nitrogen and oxygen atoms in total. The van der Waals surface area contributed by atoms with Crippen LogP contribution < -0.4 is 0 Å². The van der Waals surface area contributed by atoms with E-state index in [4.69, 9.17) is 9.97 Å². The number of nitrogens with zero attached hydrogens (tertiary/aromatic N) is 3. The highest BCUT2D eigenvalue weighted by Gasteiger charge is 2.40. The second kappa shape index (κ2) is 10.7. The zero-order valence-electron chi connectivity index (χ0n) is 28.9. The van der Waals surface area contributed by atoms with Crippen LogP contribution in [0.25, 0.3) is 93.7 Å². The Morgan fingerprint density at radius 1 is 0.500 bits per heavy atom. The van der Waals surface area contributed by atoms with E-state index in [0.717, 1.165) is 27.7 Å². The summed E-state index contributed by atoms with van der Waals surface area (Å²) >= 11 is 0. The molecule has 10 aromatic rings. The first kappa shape index (κ1) is 29.2. The third-order valence-corrected chi connectivity index (χ3v) is 11.4. The lowest BCUT2D eigenvalue weighted by Crippen LogP contribution is -2.17. The predicted molar refractivity (Wildman–Crippen MR) is 217 cm³/mol. The molecule has 0 fully saturated rings. The van der Waals surface area contributed by atoms with Crippen LogP contribution in [0.1, 0.15) is 25.0 Å². The van der Waals surface area contributed by atoms with Crippen LogP contribution >= 0.6 is 0 Å². The van der Waals surface area contributed by atoms with Gasteiger partial charge in [-0.25, -0.2) is 9.97 Å². The molecule has 0 bridgehead atoms. The van der Waals surface area contributed by atoms with E-state index in [1.165, 1.54) is 71.2 Å². The zero-order valence-corrected chi connectivity index (χ0v) is 28.9. The average Bonchev–Trinajstić information content (AvgIpc) is 3.66. The Morgan fingerprint density at radius 2 is 1.13 bits per heavy atom. The first-order chi connectivity index (χ1) is 25.6. The van der Waals surface area contributed by atoms with E-state index < -0.39 is 0 Å². The number of para-hydroxylation sites is 2. The first-order valence-corrected chi connectivity index (χ1v) is 18.0. The summed E-state index contributed by atoms with van der Waals surface area (Å²) in [5.41, 5.74) is 12.7. The fourth-order valence-corrected chi connectivity index (χ4v) is 8.97. The summed E-state index contributed by atoms with van der Waals surface area (Å²) in [5.74, 6) is 0.683. The fourth-order valence-electron chi connectivity index (χ4n) is 8.97. The number of rotatable bonds is 3. The standard InChI is InChI=1S/C49H33N3/c1-49(2)40-20-10-7-17-37(40)43-35-15-5-6-16-36(35)44-39-19-9-12-22-42(39)52(47(44)45(43)49)48-50-41-21-11-8-18-38(41)46(51-48)32-26-23-31(24-27-32)34-28-25-30-13-3-4-14-33(30)29-34/h3-29H,1-2H3. The zero-order chi connectivity index (χ0) is 34.6. The maximum atomic E-state index is 5.51. The van der Waals surface area contributed by atoms with Gasteiger partial charge >= 0.3 is 0 Å². The van der Waals surface area contributed by atoms with Crippen molar-refractivity contribution in [3.05, 3.63) is 175 Å². The summed E-state index contributed by atoms with van der Waals surface area (Å²) in [6.07, 6.45) is 0. The number of hydrogen-bond acceptors (Lipinski definition) is 2. The molecule has 2 aromatic heterocycles. The lowest BCUT2D eigenvalue weighted by Gasteiger charge is -2.24. The Labute approximate surface area is 301 Å². The third-order valence-electron chi connectivity index (χ3n) is 11.4. The van der Waals surface area contributed by atoms with Gasteiger partial charge < -0.3 is 0 Å². The van der Waals surface area contributed by atoms with Crippen LogP contribution in [0, 0.1) is 0 Å². The molecule has 0 atom stereocenters. The maximum absolute atomic E-state index is 5.51. The highest BCUT2D eigenvalue weighted by atomic mass is 15.2. The molecule has 1 aliphatic carbocycles. The molecule has 0 unspecified atom stereocenters. The Bertz CT molecular complexity index is 3090. The normalized spacial score (nSPS) is 13.3. The second-order valence-electron chi connectivity index (χ2n) is 14.6. The van der Waals surface area contributed by atoms with Crippen LogP contribution in [0.2, 0.25) is 0 Å². The minimum Gasteiger partial charge on any atom is -0.278 e. The van der Waals surface area contributed by atoms with E-state index >= 15 is 0 Å². The largest absolute Gasteiger partial charge is 0.278 e. The van der Waals surface area contributed by atoms with Crippen molar-refractivity contribution >= 4 is 54.3 Å². The molecule has 8 aromatic carbocycles. The lowest BCUT2D eigenvalue weighted by molar-refractivity contribution is 0.664. The van der Waals surface area contributed by atoms with Crippen LogP contribution in [0.4, 0.5) is 0 Å². The molecule has 11 rings (SSSR count). The molecule has 2 heterocycles. The van der Waals surface area contributed by atoms with Crippen molar-refractivity contribution in [1.82, 2.24) is 14.5 Å². The highest BCUT2D eigenvalue weighted by Crippen LogP contribution is 2.56. The quantitative estimate of drug-likeness (QED) is 0.188. The van der Waals surface area contributed by atoms with Gasteiger partial charge in [0.15, 0.2) is 0 Å². The molecule has 0 radical (unpaired) electrons. The lowest BCUT2D eigenvalue weighted by atomic mass is 9.80. The van der Waals surface area contributed by atoms with Crippen molar-refractivity contribution in [3.63, 3.8) is 0 Å². The molecule has 0 amide bonds. The van der Waals surface area contributed by atoms with Crippen molar-refractivity contribution in [3.8, 4) is 39.5 Å². The average molecular weight is 664 g/mol. The molecule has 1 aliphatic rings. The molecule has 0 saturated heterocycles. The third kappa shape index (κ3) is 4.02. The Kier molecular flexibility index (Phi) is 6.01. The van der Waals surface area contributed by atoms with E-state index in [1.54, 1.807) is 0 Å². The topological polar surface area (TPSA) is 30.7 Å². The van der Waals surface area contributed by atoms with Crippen molar-refractivity contribution in [2.75, 3.05) is 0 Å². The van der Waals surface area contributed by atoms with E-state index in [0.29, 0.717) is 5.95 Å². The molecule has 244 valence electrons.